The van der Waals surface area contributed by atoms with Gasteiger partial charge in [-0.3, -0.25) is 4.68 Å². The topological polar surface area (TPSA) is 80.9 Å². The Balaban J connectivity index is 1.59. The predicted octanol–water partition coefficient (Wildman–Crippen LogP) is 2.08. The number of carbonyl (C=O) groups is 1. The molecule has 3 rings (SSSR count). The first-order valence-electron chi connectivity index (χ1n) is 8.77. The lowest BCUT2D eigenvalue weighted by atomic mass is 10.1. The van der Waals surface area contributed by atoms with Crippen molar-refractivity contribution in [2.75, 3.05) is 13.1 Å². The standard InChI is InChI=1S/C17H27N7O/c1-13-8-20-23(10-13)14-6-5-7-22(11-14)16(25)18-9-15-19-12-21-24(15)17(2,3)4/h8,10,12,14H,5-7,9,11H2,1-4H3,(H,18,25)/t14-/m1/s1. The Morgan fingerprint density at radius 2 is 2.16 bits per heavy atom. The van der Waals surface area contributed by atoms with Crippen molar-refractivity contribution < 1.29 is 4.79 Å². The van der Waals surface area contributed by atoms with Crippen molar-refractivity contribution in [1.82, 2.24) is 34.8 Å². The molecule has 25 heavy (non-hydrogen) atoms. The van der Waals surface area contributed by atoms with Crippen LogP contribution >= 0.6 is 0 Å². The zero-order valence-corrected chi connectivity index (χ0v) is 15.4. The van der Waals surface area contributed by atoms with Gasteiger partial charge in [0.15, 0.2) is 0 Å². The van der Waals surface area contributed by atoms with Crippen molar-refractivity contribution in [1.29, 1.82) is 0 Å². The number of carbonyl (C=O) groups excluding carboxylic acids is 1. The molecule has 8 heteroatoms. The maximum atomic E-state index is 12.6. The molecule has 2 amide bonds. The van der Waals surface area contributed by atoms with Gasteiger partial charge in [0.05, 0.1) is 24.3 Å². The molecule has 1 saturated heterocycles. The van der Waals surface area contributed by atoms with Crippen LogP contribution in [0.5, 0.6) is 0 Å². The molecule has 2 aromatic heterocycles. The van der Waals surface area contributed by atoms with Crippen molar-refractivity contribution in [2.45, 2.75) is 58.7 Å². The molecule has 1 aliphatic heterocycles. The first-order chi connectivity index (χ1) is 11.8. The third-order valence-corrected chi connectivity index (χ3v) is 4.44. The molecule has 1 fully saturated rings. The van der Waals surface area contributed by atoms with Crippen molar-refractivity contribution in [3.63, 3.8) is 0 Å². The maximum Gasteiger partial charge on any atom is 0.317 e. The molecule has 3 heterocycles. The van der Waals surface area contributed by atoms with E-state index in [1.165, 1.54) is 6.33 Å². The fraction of sp³-hybridized carbons (Fsp3) is 0.647. The summed E-state index contributed by atoms with van der Waals surface area (Å²) in [6.07, 6.45) is 7.46. The Bertz CT molecular complexity index is 727. The number of urea groups is 1. The van der Waals surface area contributed by atoms with E-state index in [1.54, 1.807) is 0 Å². The van der Waals surface area contributed by atoms with Crippen LogP contribution in [-0.2, 0) is 12.1 Å². The average molecular weight is 345 g/mol. The number of nitrogens with zero attached hydrogens (tertiary/aromatic N) is 6. The molecule has 8 nitrogen and oxygen atoms in total. The van der Waals surface area contributed by atoms with Crippen molar-refractivity contribution in [2.24, 2.45) is 0 Å². The number of aryl methyl sites for hydroxylation is 1. The van der Waals surface area contributed by atoms with E-state index in [2.05, 4.69) is 41.3 Å². The number of hydrogen-bond acceptors (Lipinski definition) is 4. The van der Waals surface area contributed by atoms with Crippen molar-refractivity contribution >= 4 is 6.03 Å². The quantitative estimate of drug-likeness (QED) is 0.923. The summed E-state index contributed by atoms with van der Waals surface area (Å²) >= 11 is 0. The molecule has 0 aliphatic carbocycles. The van der Waals surface area contributed by atoms with Crippen molar-refractivity contribution in [3.05, 3.63) is 30.1 Å². The van der Waals surface area contributed by atoms with Crippen LogP contribution in [0.25, 0.3) is 0 Å². The number of aromatic nitrogens is 5. The van der Waals surface area contributed by atoms with Gasteiger partial charge in [0, 0.05) is 19.3 Å². The fourth-order valence-electron chi connectivity index (χ4n) is 3.20. The van der Waals surface area contributed by atoms with Gasteiger partial charge in [-0.05, 0) is 46.1 Å². The molecule has 0 unspecified atom stereocenters. The molecular formula is C17H27N7O. The summed E-state index contributed by atoms with van der Waals surface area (Å²) in [5, 5.41) is 11.6. The minimum absolute atomic E-state index is 0.0583. The lowest BCUT2D eigenvalue weighted by molar-refractivity contribution is 0.162. The zero-order chi connectivity index (χ0) is 18.0. The van der Waals surface area contributed by atoms with Crippen LogP contribution in [0, 0.1) is 6.92 Å². The van der Waals surface area contributed by atoms with Crippen LogP contribution in [0.15, 0.2) is 18.7 Å². The van der Waals surface area contributed by atoms with Gasteiger partial charge < -0.3 is 10.2 Å². The number of piperidine rings is 1. The van der Waals surface area contributed by atoms with E-state index in [0.29, 0.717) is 13.1 Å². The predicted molar refractivity (Wildman–Crippen MR) is 94.1 cm³/mol. The number of hydrogen-bond donors (Lipinski definition) is 1. The number of rotatable bonds is 3. The van der Waals surface area contributed by atoms with Crippen LogP contribution < -0.4 is 5.32 Å². The smallest absolute Gasteiger partial charge is 0.317 e. The highest BCUT2D eigenvalue weighted by Gasteiger charge is 2.26. The van der Waals surface area contributed by atoms with Gasteiger partial charge in [0.1, 0.15) is 12.2 Å². The largest absolute Gasteiger partial charge is 0.331 e. The van der Waals surface area contributed by atoms with Crippen LogP contribution in [0.3, 0.4) is 0 Å². The minimum atomic E-state index is -0.162. The normalized spacial score (nSPS) is 18.4. The van der Waals surface area contributed by atoms with Gasteiger partial charge in [-0.1, -0.05) is 0 Å². The van der Waals surface area contributed by atoms with Gasteiger partial charge in [-0.25, -0.2) is 14.5 Å². The molecule has 0 spiro atoms. The summed E-state index contributed by atoms with van der Waals surface area (Å²) in [6, 6.07) is 0.184. The first-order valence-corrected chi connectivity index (χ1v) is 8.77. The van der Waals surface area contributed by atoms with Gasteiger partial charge in [-0.15, -0.1) is 0 Å². The average Bonchev–Trinajstić information content (AvgIpc) is 3.21. The zero-order valence-electron chi connectivity index (χ0n) is 15.4. The highest BCUT2D eigenvalue weighted by Crippen LogP contribution is 2.21. The molecule has 1 atom stereocenters. The molecule has 0 radical (unpaired) electrons. The monoisotopic (exact) mass is 345 g/mol. The van der Waals surface area contributed by atoms with E-state index in [9.17, 15) is 4.79 Å². The second kappa shape index (κ2) is 6.85. The van der Waals surface area contributed by atoms with E-state index < -0.39 is 0 Å². The molecule has 0 bridgehead atoms. The summed E-state index contributed by atoms with van der Waals surface area (Å²) < 4.78 is 3.82. The Morgan fingerprint density at radius 1 is 1.36 bits per heavy atom. The van der Waals surface area contributed by atoms with Crippen LogP contribution in [-0.4, -0.2) is 48.6 Å². The van der Waals surface area contributed by atoms with E-state index in [1.807, 2.05) is 33.6 Å². The minimum Gasteiger partial charge on any atom is -0.331 e. The molecule has 0 aromatic carbocycles. The lowest BCUT2D eigenvalue weighted by Crippen LogP contribution is -2.46. The lowest BCUT2D eigenvalue weighted by Gasteiger charge is -2.33. The van der Waals surface area contributed by atoms with Crippen LogP contribution in [0.4, 0.5) is 4.79 Å². The highest BCUT2D eigenvalue weighted by atomic mass is 16.2. The SMILES string of the molecule is Cc1cnn([C@@H]2CCCN(C(=O)NCc3ncnn3C(C)(C)C)C2)c1. The second-order valence-electron chi connectivity index (χ2n) is 7.66. The van der Waals surface area contributed by atoms with E-state index in [-0.39, 0.29) is 17.6 Å². The van der Waals surface area contributed by atoms with Gasteiger partial charge in [0.25, 0.3) is 0 Å². The summed E-state index contributed by atoms with van der Waals surface area (Å²) in [5.74, 6) is 0.761. The van der Waals surface area contributed by atoms with E-state index in [4.69, 9.17) is 0 Å². The van der Waals surface area contributed by atoms with Crippen molar-refractivity contribution in [3.8, 4) is 0 Å². The molecular weight excluding hydrogens is 318 g/mol. The summed E-state index contributed by atoms with van der Waals surface area (Å²) in [7, 11) is 0. The highest BCUT2D eigenvalue weighted by molar-refractivity contribution is 5.74. The van der Waals surface area contributed by atoms with E-state index in [0.717, 1.165) is 30.8 Å². The van der Waals surface area contributed by atoms with Gasteiger partial charge in [0.2, 0.25) is 0 Å². The van der Waals surface area contributed by atoms with Gasteiger partial charge >= 0.3 is 6.03 Å². The molecule has 1 N–H and O–H groups in total. The molecule has 1 aliphatic rings. The number of likely N-dealkylation sites (tertiary alicyclic amines) is 1. The molecule has 2 aromatic rings. The molecule has 0 saturated carbocycles. The Morgan fingerprint density at radius 3 is 2.84 bits per heavy atom. The second-order valence-corrected chi connectivity index (χ2v) is 7.66. The summed E-state index contributed by atoms with van der Waals surface area (Å²) in [4.78, 5) is 18.7. The van der Waals surface area contributed by atoms with Crippen LogP contribution in [0.1, 0.15) is 51.0 Å². The number of nitrogens with one attached hydrogen (secondary N) is 1. The third-order valence-electron chi connectivity index (χ3n) is 4.44. The Labute approximate surface area is 148 Å². The first kappa shape index (κ1) is 17.4. The van der Waals surface area contributed by atoms with E-state index >= 15 is 0 Å². The Kier molecular flexibility index (Phi) is 4.78. The van der Waals surface area contributed by atoms with Gasteiger partial charge in [-0.2, -0.15) is 10.2 Å². The Hall–Kier alpha value is -2.38. The maximum absolute atomic E-state index is 12.6. The fourth-order valence-corrected chi connectivity index (χ4v) is 3.20. The third kappa shape index (κ3) is 4.00. The summed E-state index contributed by atoms with van der Waals surface area (Å²) in [6.45, 7) is 10.0. The van der Waals surface area contributed by atoms with Crippen LogP contribution in [0.2, 0.25) is 0 Å². The number of amides is 2. The summed E-state index contributed by atoms with van der Waals surface area (Å²) in [5.41, 5.74) is 0.980. The molecule has 136 valence electrons.